The molecule has 6 heteroatoms. The van der Waals surface area contributed by atoms with Crippen LogP contribution in [-0.2, 0) is 20.0 Å². The number of nitrogens with two attached hydrogens (primary N) is 1. The normalized spacial score (nSPS) is 10.7. The molecule has 1 aromatic heterocycles. The number of hydrogen-bond donors (Lipinski definition) is 1. The fraction of sp³-hybridized carbons (Fsp3) is 0.333. The average Bonchev–Trinajstić information content (AvgIpc) is 2.83. The molecule has 0 saturated heterocycles. The number of halogens is 1. The predicted molar refractivity (Wildman–Crippen MR) is 84.2 cm³/mol. The van der Waals surface area contributed by atoms with Crippen LogP contribution in [0.5, 0.6) is 0 Å². The molecule has 0 radical (unpaired) electrons. The molecule has 2 rings (SSSR count). The van der Waals surface area contributed by atoms with E-state index in [1.165, 1.54) is 0 Å². The van der Waals surface area contributed by atoms with E-state index in [-0.39, 0.29) is 5.91 Å². The van der Waals surface area contributed by atoms with Crippen molar-refractivity contribution in [3.8, 4) is 0 Å². The number of benzene rings is 1. The number of hydrogen-bond acceptors (Lipinski definition) is 3. The maximum absolute atomic E-state index is 12.5. The second-order valence-corrected chi connectivity index (χ2v) is 5.44. The molecule has 0 unspecified atom stereocenters. The third-order valence-corrected chi connectivity index (χ3v) is 3.66. The summed E-state index contributed by atoms with van der Waals surface area (Å²) in [7, 11) is 3.55. The van der Waals surface area contributed by atoms with Crippen LogP contribution < -0.4 is 5.73 Å². The van der Waals surface area contributed by atoms with Crippen molar-refractivity contribution in [2.45, 2.75) is 19.9 Å². The van der Waals surface area contributed by atoms with Crippen molar-refractivity contribution in [3.05, 3.63) is 46.2 Å². The van der Waals surface area contributed by atoms with E-state index in [1.54, 1.807) is 41.0 Å². The predicted octanol–water partition coefficient (Wildman–Crippen LogP) is 2.49. The van der Waals surface area contributed by atoms with Gasteiger partial charge in [0.15, 0.2) is 0 Å². The first-order valence-electron chi connectivity index (χ1n) is 6.74. The Hall–Kier alpha value is -2.01. The van der Waals surface area contributed by atoms with Crippen molar-refractivity contribution < 1.29 is 4.79 Å². The van der Waals surface area contributed by atoms with Crippen molar-refractivity contribution in [1.82, 2.24) is 14.7 Å². The zero-order valence-electron chi connectivity index (χ0n) is 12.4. The van der Waals surface area contributed by atoms with Crippen LogP contribution in [0.2, 0.25) is 5.02 Å². The van der Waals surface area contributed by atoms with Gasteiger partial charge in [-0.25, -0.2) is 0 Å². The Morgan fingerprint density at radius 2 is 2.19 bits per heavy atom. The minimum atomic E-state index is -0.0709. The first-order valence-corrected chi connectivity index (χ1v) is 7.12. The van der Waals surface area contributed by atoms with E-state index in [1.807, 2.05) is 14.0 Å². The number of carbonyl (C=O) groups is 1. The molecular formula is C15H19ClN4O. The van der Waals surface area contributed by atoms with Crippen LogP contribution in [0.15, 0.2) is 24.4 Å². The smallest absolute Gasteiger partial charge is 0.257 e. The number of amides is 1. The fourth-order valence-corrected chi connectivity index (χ4v) is 2.40. The minimum Gasteiger partial charge on any atom is -0.399 e. The molecule has 0 aliphatic heterocycles. The molecule has 1 amide bonds. The van der Waals surface area contributed by atoms with Crippen LogP contribution in [0, 0.1) is 0 Å². The van der Waals surface area contributed by atoms with Crippen molar-refractivity contribution in [3.63, 3.8) is 0 Å². The summed E-state index contributed by atoms with van der Waals surface area (Å²) in [4.78, 5) is 14.2. The van der Waals surface area contributed by atoms with Crippen LogP contribution in [0.4, 0.5) is 5.69 Å². The number of nitrogens with zero attached hydrogens (tertiary/aromatic N) is 3. The van der Waals surface area contributed by atoms with Crippen LogP contribution in [-0.4, -0.2) is 27.6 Å². The molecule has 1 heterocycles. The van der Waals surface area contributed by atoms with Gasteiger partial charge in [-0.1, -0.05) is 18.5 Å². The van der Waals surface area contributed by atoms with E-state index >= 15 is 0 Å². The monoisotopic (exact) mass is 306 g/mol. The lowest BCUT2D eigenvalue weighted by Crippen LogP contribution is -2.27. The largest absolute Gasteiger partial charge is 0.399 e. The second kappa shape index (κ2) is 6.18. The molecule has 2 N–H and O–H groups in total. The zero-order valence-corrected chi connectivity index (χ0v) is 13.2. The highest BCUT2D eigenvalue weighted by atomic mass is 35.5. The van der Waals surface area contributed by atoms with E-state index in [2.05, 4.69) is 5.10 Å². The highest BCUT2D eigenvalue weighted by molar-refractivity contribution is 6.31. The third kappa shape index (κ3) is 3.36. The summed E-state index contributed by atoms with van der Waals surface area (Å²) in [5.74, 6) is -0.0709. The quantitative estimate of drug-likeness (QED) is 0.883. The van der Waals surface area contributed by atoms with Gasteiger partial charge in [0, 0.05) is 37.5 Å². The topological polar surface area (TPSA) is 64.2 Å². The molecule has 21 heavy (non-hydrogen) atoms. The second-order valence-electron chi connectivity index (χ2n) is 5.03. The molecule has 2 aromatic rings. The number of rotatable bonds is 4. The molecular weight excluding hydrogens is 288 g/mol. The number of carbonyl (C=O) groups excluding carboxylic acids is 1. The summed E-state index contributed by atoms with van der Waals surface area (Å²) < 4.78 is 1.66. The van der Waals surface area contributed by atoms with Crippen molar-refractivity contribution >= 4 is 23.2 Å². The molecule has 0 aliphatic carbocycles. The molecule has 0 bridgehead atoms. The van der Waals surface area contributed by atoms with Gasteiger partial charge in [0.2, 0.25) is 0 Å². The minimum absolute atomic E-state index is 0.0709. The summed E-state index contributed by atoms with van der Waals surface area (Å²) in [6, 6.07) is 5.27. The summed E-state index contributed by atoms with van der Waals surface area (Å²) >= 11 is 6.14. The molecule has 0 spiro atoms. The van der Waals surface area contributed by atoms with Gasteiger partial charge in [-0.05, 0) is 30.2 Å². The Labute approximate surface area is 129 Å². The highest BCUT2D eigenvalue weighted by Crippen LogP contribution is 2.21. The molecule has 0 fully saturated rings. The molecule has 0 saturated carbocycles. The fourth-order valence-electron chi connectivity index (χ4n) is 2.22. The van der Waals surface area contributed by atoms with Gasteiger partial charge in [-0.3, -0.25) is 9.48 Å². The SMILES string of the molecule is CCc1nn(C)cc1C(=O)N(C)Cc1cc(N)ccc1Cl. The van der Waals surface area contributed by atoms with E-state index in [4.69, 9.17) is 17.3 Å². The van der Waals surface area contributed by atoms with Gasteiger partial charge in [0.05, 0.1) is 11.3 Å². The standard InChI is InChI=1S/C15H19ClN4O/c1-4-14-12(9-20(3)18-14)15(21)19(2)8-10-7-11(17)5-6-13(10)16/h5-7,9H,4,8,17H2,1-3H3. The Morgan fingerprint density at radius 3 is 2.86 bits per heavy atom. The molecule has 0 atom stereocenters. The first kappa shape index (κ1) is 15.4. The molecule has 1 aromatic carbocycles. The summed E-state index contributed by atoms with van der Waals surface area (Å²) in [6.45, 7) is 2.38. The lowest BCUT2D eigenvalue weighted by molar-refractivity contribution is 0.0784. The third-order valence-electron chi connectivity index (χ3n) is 3.29. The van der Waals surface area contributed by atoms with Gasteiger partial charge >= 0.3 is 0 Å². The lowest BCUT2D eigenvalue weighted by Gasteiger charge is -2.18. The van der Waals surface area contributed by atoms with E-state index in [0.29, 0.717) is 22.8 Å². The summed E-state index contributed by atoms with van der Waals surface area (Å²) in [5, 5.41) is 4.90. The van der Waals surface area contributed by atoms with E-state index in [0.717, 1.165) is 17.7 Å². The van der Waals surface area contributed by atoms with E-state index < -0.39 is 0 Å². The Balaban J connectivity index is 2.21. The number of aryl methyl sites for hydroxylation is 2. The van der Waals surface area contributed by atoms with Gasteiger partial charge < -0.3 is 10.6 Å². The van der Waals surface area contributed by atoms with Gasteiger partial charge in [-0.15, -0.1) is 0 Å². The number of anilines is 1. The lowest BCUT2D eigenvalue weighted by atomic mass is 10.1. The zero-order chi connectivity index (χ0) is 15.6. The maximum atomic E-state index is 12.5. The van der Waals surface area contributed by atoms with Crippen molar-refractivity contribution in [1.29, 1.82) is 0 Å². The van der Waals surface area contributed by atoms with Crippen LogP contribution >= 0.6 is 11.6 Å². The molecule has 0 aliphatic rings. The van der Waals surface area contributed by atoms with Gasteiger partial charge in [-0.2, -0.15) is 5.10 Å². The Morgan fingerprint density at radius 1 is 1.48 bits per heavy atom. The number of nitrogen functional groups attached to an aromatic ring is 1. The molecule has 5 nitrogen and oxygen atoms in total. The van der Waals surface area contributed by atoms with Crippen molar-refractivity contribution in [2.24, 2.45) is 7.05 Å². The maximum Gasteiger partial charge on any atom is 0.257 e. The van der Waals surface area contributed by atoms with Crippen LogP contribution in [0.1, 0.15) is 28.5 Å². The first-order chi connectivity index (χ1) is 9.92. The average molecular weight is 307 g/mol. The Bertz CT molecular complexity index is 666. The van der Waals surface area contributed by atoms with Gasteiger partial charge in [0.25, 0.3) is 5.91 Å². The van der Waals surface area contributed by atoms with Crippen molar-refractivity contribution in [2.75, 3.05) is 12.8 Å². The molecule has 112 valence electrons. The summed E-state index contributed by atoms with van der Waals surface area (Å²) in [5.41, 5.74) is 8.65. The summed E-state index contributed by atoms with van der Waals surface area (Å²) in [6.07, 6.45) is 2.47. The van der Waals surface area contributed by atoms with E-state index in [9.17, 15) is 4.79 Å². The Kier molecular flexibility index (Phi) is 4.53. The number of aromatic nitrogens is 2. The highest BCUT2D eigenvalue weighted by Gasteiger charge is 2.19. The van der Waals surface area contributed by atoms with Crippen LogP contribution in [0.3, 0.4) is 0 Å². The van der Waals surface area contributed by atoms with Gasteiger partial charge in [0.1, 0.15) is 0 Å². The van der Waals surface area contributed by atoms with Crippen LogP contribution in [0.25, 0.3) is 0 Å².